The van der Waals surface area contributed by atoms with Crippen molar-refractivity contribution in [2.75, 3.05) is 0 Å². The van der Waals surface area contributed by atoms with E-state index in [0.29, 0.717) is 24.0 Å². The molecule has 176 valence electrons. The highest BCUT2D eigenvalue weighted by Crippen LogP contribution is 2.25. The summed E-state index contributed by atoms with van der Waals surface area (Å²) in [6.07, 6.45) is 2.27. The number of halogens is 1. The zero-order valence-corrected chi connectivity index (χ0v) is 20.0. The fourth-order valence-electron chi connectivity index (χ4n) is 3.73. The van der Waals surface area contributed by atoms with Crippen LogP contribution < -0.4 is 21.0 Å². The predicted molar refractivity (Wildman–Crippen MR) is 136 cm³/mol. The predicted octanol–water partition coefficient (Wildman–Crippen LogP) is 5.10. The standard InChI is InChI=1S/C27H29ClN4O2/c1-18(2)20-9-7-19(8-10-20)16-29-32-27(33)26-15-25(30-31-26)21-11-13-23(14-12-21)34-17-22-5-3-4-6-24(22)28/h3-14,16,18,25-26,30-31H,15,17H2,1-2H3,(H,32,33)/b29-16+. The van der Waals surface area contributed by atoms with Crippen molar-refractivity contribution in [2.45, 2.75) is 44.9 Å². The van der Waals surface area contributed by atoms with Crippen LogP contribution in [0.4, 0.5) is 0 Å². The molecule has 0 saturated carbocycles. The van der Waals surface area contributed by atoms with Crippen molar-refractivity contribution in [3.05, 3.63) is 100 Å². The molecule has 0 aliphatic carbocycles. The highest BCUT2D eigenvalue weighted by atomic mass is 35.5. The Morgan fingerprint density at radius 3 is 2.53 bits per heavy atom. The van der Waals surface area contributed by atoms with Gasteiger partial charge in [0.05, 0.1) is 6.21 Å². The molecule has 1 heterocycles. The largest absolute Gasteiger partial charge is 0.489 e. The molecular weight excluding hydrogens is 448 g/mol. The summed E-state index contributed by atoms with van der Waals surface area (Å²) in [5, 5.41) is 4.80. The molecule has 0 radical (unpaired) electrons. The molecule has 0 spiro atoms. The van der Waals surface area contributed by atoms with Gasteiger partial charge in [-0.25, -0.2) is 16.3 Å². The van der Waals surface area contributed by atoms with E-state index in [-0.39, 0.29) is 18.0 Å². The molecule has 4 rings (SSSR count). The lowest BCUT2D eigenvalue weighted by Crippen LogP contribution is -2.41. The van der Waals surface area contributed by atoms with Crippen molar-refractivity contribution in [3.63, 3.8) is 0 Å². The van der Waals surface area contributed by atoms with Crippen molar-refractivity contribution < 1.29 is 9.53 Å². The van der Waals surface area contributed by atoms with Gasteiger partial charge in [-0.15, -0.1) is 0 Å². The Labute approximate surface area is 205 Å². The number of hydrogen-bond donors (Lipinski definition) is 3. The van der Waals surface area contributed by atoms with Crippen LogP contribution in [0.3, 0.4) is 0 Å². The minimum absolute atomic E-state index is 0.0147. The zero-order valence-electron chi connectivity index (χ0n) is 19.3. The van der Waals surface area contributed by atoms with Crippen LogP contribution in [0.1, 0.15) is 54.5 Å². The van der Waals surface area contributed by atoms with Crippen LogP contribution in [0.5, 0.6) is 5.75 Å². The van der Waals surface area contributed by atoms with Gasteiger partial charge < -0.3 is 4.74 Å². The van der Waals surface area contributed by atoms with Gasteiger partial charge in [0.1, 0.15) is 18.4 Å². The molecule has 3 N–H and O–H groups in total. The van der Waals surface area contributed by atoms with Crippen LogP contribution in [0.2, 0.25) is 5.02 Å². The van der Waals surface area contributed by atoms with Crippen molar-refractivity contribution in [1.29, 1.82) is 0 Å². The van der Waals surface area contributed by atoms with Gasteiger partial charge in [-0.05, 0) is 47.2 Å². The van der Waals surface area contributed by atoms with Crippen LogP contribution in [-0.2, 0) is 11.4 Å². The summed E-state index contributed by atoms with van der Waals surface area (Å²) in [6, 6.07) is 23.3. The lowest BCUT2D eigenvalue weighted by Gasteiger charge is -2.12. The van der Waals surface area contributed by atoms with Crippen LogP contribution in [0.25, 0.3) is 0 Å². The first-order chi connectivity index (χ1) is 16.5. The Morgan fingerprint density at radius 2 is 1.82 bits per heavy atom. The second kappa shape index (κ2) is 11.3. The Balaban J connectivity index is 1.25. The highest BCUT2D eigenvalue weighted by molar-refractivity contribution is 6.31. The summed E-state index contributed by atoms with van der Waals surface area (Å²) in [6.45, 7) is 4.72. The van der Waals surface area contributed by atoms with Crippen LogP contribution >= 0.6 is 11.6 Å². The van der Waals surface area contributed by atoms with E-state index < -0.39 is 0 Å². The van der Waals surface area contributed by atoms with Crippen molar-refractivity contribution >= 4 is 23.7 Å². The minimum Gasteiger partial charge on any atom is -0.489 e. The Morgan fingerprint density at radius 1 is 1.09 bits per heavy atom. The first-order valence-electron chi connectivity index (χ1n) is 11.4. The van der Waals surface area contributed by atoms with E-state index in [1.807, 2.05) is 60.7 Å². The molecule has 1 saturated heterocycles. The number of hydrogen-bond acceptors (Lipinski definition) is 5. The van der Waals surface area contributed by atoms with E-state index >= 15 is 0 Å². The van der Waals surface area contributed by atoms with Gasteiger partial charge in [0.15, 0.2) is 0 Å². The smallest absolute Gasteiger partial charge is 0.258 e. The quantitative estimate of drug-likeness (QED) is 0.312. The van der Waals surface area contributed by atoms with E-state index in [1.54, 1.807) is 6.21 Å². The molecular formula is C27H29ClN4O2. The third-order valence-electron chi connectivity index (χ3n) is 5.85. The van der Waals surface area contributed by atoms with Gasteiger partial charge in [-0.3, -0.25) is 4.79 Å². The molecule has 6 nitrogen and oxygen atoms in total. The number of benzene rings is 3. The number of hydrazine groups is 1. The van der Waals surface area contributed by atoms with Gasteiger partial charge in [-0.2, -0.15) is 5.10 Å². The van der Waals surface area contributed by atoms with Crippen LogP contribution in [0.15, 0.2) is 77.9 Å². The van der Waals surface area contributed by atoms with E-state index in [9.17, 15) is 4.79 Å². The highest BCUT2D eigenvalue weighted by Gasteiger charge is 2.30. The second-order valence-electron chi connectivity index (χ2n) is 8.63. The molecule has 1 aliphatic heterocycles. The molecule has 3 aromatic rings. The third kappa shape index (κ3) is 6.23. The van der Waals surface area contributed by atoms with E-state index in [0.717, 1.165) is 22.4 Å². The molecule has 1 amide bonds. The lowest BCUT2D eigenvalue weighted by molar-refractivity contribution is -0.122. The van der Waals surface area contributed by atoms with Gasteiger partial charge >= 0.3 is 0 Å². The molecule has 0 aromatic heterocycles. The number of carbonyl (C=O) groups is 1. The van der Waals surface area contributed by atoms with Crippen LogP contribution in [0, 0.1) is 0 Å². The summed E-state index contributed by atoms with van der Waals surface area (Å²) in [7, 11) is 0. The SMILES string of the molecule is CC(C)c1ccc(/C=N/NC(=O)C2CC(c3ccc(OCc4ccccc4Cl)cc3)NN2)cc1. The minimum atomic E-state index is -0.374. The Kier molecular flexibility index (Phi) is 7.95. The molecule has 34 heavy (non-hydrogen) atoms. The summed E-state index contributed by atoms with van der Waals surface area (Å²) in [5.41, 5.74) is 13.1. The molecule has 0 bridgehead atoms. The number of ether oxygens (including phenoxy) is 1. The number of hydrazone groups is 1. The Hall–Kier alpha value is -3.19. The number of amides is 1. The average molecular weight is 477 g/mol. The summed E-state index contributed by atoms with van der Waals surface area (Å²) in [5.74, 6) is 1.07. The topological polar surface area (TPSA) is 74.8 Å². The van der Waals surface area contributed by atoms with Crippen molar-refractivity contribution in [2.24, 2.45) is 5.10 Å². The molecule has 7 heteroatoms. The molecule has 1 aliphatic rings. The maximum Gasteiger partial charge on any atom is 0.258 e. The van der Waals surface area contributed by atoms with Crippen molar-refractivity contribution in [3.8, 4) is 5.75 Å². The Bertz CT molecular complexity index is 1130. The van der Waals surface area contributed by atoms with Gasteiger partial charge in [0, 0.05) is 16.6 Å². The number of nitrogens with zero attached hydrogens (tertiary/aromatic N) is 1. The van der Waals surface area contributed by atoms with Gasteiger partial charge in [0.25, 0.3) is 5.91 Å². The van der Waals surface area contributed by atoms with Gasteiger partial charge in [0.2, 0.25) is 0 Å². The number of nitrogens with one attached hydrogen (secondary N) is 3. The molecule has 1 fully saturated rings. The van der Waals surface area contributed by atoms with Crippen molar-refractivity contribution in [1.82, 2.24) is 16.3 Å². The fraction of sp³-hybridized carbons (Fsp3) is 0.259. The number of rotatable bonds is 8. The fourth-order valence-corrected chi connectivity index (χ4v) is 3.93. The second-order valence-corrected chi connectivity index (χ2v) is 9.04. The van der Waals surface area contributed by atoms with E-state index in [4.69, 9.17) is 16.3 Å². The maximum atomic E-state index is 12.5. The van der Waals surface area contributed by atoms with Crippen LogP contribution in [-0.4, -0.2) is 18.2 Å². The normalized spacial score (nSPS) is 17.9. The molecule has 2 atom stereocenters. The maximum absolute atomic E-state index is 12.5. The monoisotopic (exact) mass is 476 g/mol. The first-order valence-corrected chi connectivity index (χ1v) is 11.8. The van der Waals surface area contributed by atoms with E-state index in [2.05, 4.69) is 47.4 Å². The summed E-state index contributed by atoms with van der Waals surface area (Å²) < 4.78 is 5.85. The summed E-state index contributed by atoms with van der Waals surface area (Å²) >= 11 is 6.18. The number of carbonyl (C=O) groups excluding carboxylic acids is 1. The molecule has 2 unspecified atom stereocenters. The van der Waals surface area contributed by atoms with E-state index in [1.165, 1.54) is 5.56 Å². The third-order valence-corrected chi connectivity index (χ3v) is 6.21. The van der Waals surface area contributed by atoms with Gasteiger partial charge in [-0.1, -0.05) is 80.0 Å². The molecule has 3 aromatic carbocycles. The zero-order chi connectivity index (χ0) is 23.9. The lowest BCUT2D eigenvalue weighted by atomic mass is 10.0. The summed E-state index contributed by atoms with van der Waals surface area (Å²) in [4.78, 5) is 12.5. The first kappa shape index (κ1) is 24.0. The average Bonchev–Trinajstić information content (AvgIpc) is 3.35.